The van der Waals surface area contributed by atoms with Crippen molar-refractivity contribution in [2.75, 3.05) is 0 Å². The molecule has 1 rings (SSSR count). The standard InChI is InChI=1S/C9H9IO2/c10-8-4-3-7(2-1-5-11)9(12)6-8/h3-6,12H,1-2H2. The molecule has 12 heavy (non-hydrogen) atoms. The molecule has 0 saturated heterocycles. The molecule has 1 aromatic carbocycles. The monoisotopic (exact) mass is 276 g/mol. The number of carbonyl (C=O) groups excluding carboxylic acids is 1. The third-order valence-electron chi connectivity index (χ3n) is 1.58. The van der Waals surface area contributed by atoms with E-state index in [0.717, 1.165) is 15.4 Å². The normalized spacial score (nSPS) is 9.75. The van der Waals surface area contributed by atoms with Gasteiger partial charge < -0.3 is 9.90 Å². The van der Waals surface area contributed by atoms with Gasteiger partial charge in [0.05, 0.1) is 0 Å². The zero-order valence-corrected chi connectivity index (χ0v) is 8.61. The number of hydrogen-bond acceptors (Lipinski definition) is 2. The number of hydrogen-bond donors (Lipinski definition) is 1. The van der Waals surface area contributed by atoms with Gasteiger partial charge in [-0.3, -0.25) is 0 Å². The van der Waals surface area contributed by atoms with Gasteiger partial charge in [-0.2, -0.15) is 0 Å². The van der Waals surface area contributed by atoms with E-state index in [2.05, 4.69) is 22.6 Å². The van der Waals surface area contributed by atoms with E-state index in [-0.39, 0.29) is 5.75 Å². The Morgan fingerprint density at radius 1 is 1.50 bits per heavy atom. The predicted octanol–water partition coefficient (Wildman–Crippen LogP) is 2.13. The molecule has 0 aliphatic heterocycles. The first-order chi connectivity index (χ1) is 5.74. The molecule has 64 valence electrons. The largest absolute Gasteiger partial charge is 0.508 e. The van der Waals surface area contributed by atoms with Crippen molar-refractivity contribution >= 4 is 28.9 Å². The summed E-state index contributed by atoms with van der Waals surface area (Å²) in [7, 11) is 0. The highest BCUT2D eigenvalue weighted by molar-refractivity contribution is 14.1. The van der Waals surface area contributed by atoms with E-state index >= 15 is 0 Å². The van der Waals surface area contributed by atoms with Crippen LogP contribution in [0.5, 0.6) is 5.75 Å². The van der Waals surface area contributed by atoms with Gasteiger partial charge in [0.15, 0.2) is 0 Å². The molecule has 0 atom stereocenters. The molecule has 0 bridgehead atoms. The Labute approximate surface area is 84.7 Å². The minimum absolute atomic E-state index is 0.281. The Hall–Kier alpha value is -0.580. The van der Waals surface area contributed by atoms with Crippen LogP contribution in [0.1, 0.15) is 12.0 Å². The Balaban J connectivity index is 2.78. The molecule has 1 aromatic rings. The van der Waals surface area contributed by atoms with E-state index in [0.29, 0.717) is 12.8 Å². The Morgan fingerprint density at radius 2 is 2.25 bits per heavy atom. The van der Waals surface area contributed by atoms with Crippen LogP contribution in [0.2, 0.25) is 0 Å². The van der Waals surface area contributed by atoms with Crippen molar-refractivity contribution < 1.29 is 9.90 Å². The fraction of sp³-hybridized carbons (Fsp3) is 0.222. The van der Waals surface area contributed by atoms with Crippen LogP contribution in [0.15, 0.2) is 18.2 Å². The molecule has 0 radical (unpaired) electrons. The van der Waals surface area contributed by atoms with Crippen LogP contribution >= 0.6 is 22.6 Å². The number of carbonyl (C=O) groups is 1. The van der Waals surface area contributed by atoms with Crippen LogP contribution in [0, 0.1) is 3.57 Å². The van der Waals surface area contributed by atoms with Gasteiger partial charge in [-0.25, -0.2) is 0 Å². The topological polar surface area (TPSA) is 37.3 Å². The Kier molecular flexibility index (Phi) is 3.52. The quantitative estimate of drug-likeness (QED) is 0.678. The lowest BCUT2D eigenvalue weighted by Crippen LogP contribution is -1.87. The average molecular weight is 276 g/mol. The number of aryl methyl sites for hydroxylation is 1. The minimum atomic E-state index is 0.281. The fourth-order valence-electron chi connectivity index (χ4n) is 0.963. The number of phenols is 1. The number of benzene rings is 1. The minimum Gasteiger partial charge on any atom is -0.508 e. The smallest absolute Gasteiger partial charge is 0.120 e. The first-order valence-electron chi connectivity index (χ1n) is 3.65. The first kappa shape index (κ1) is 9.51. The summed E-state index contributed by atoms with van der Waals surface area (Å²) in [5, 5.41) is 9.40. The number of rotatable bonds is 3. The van der Waals surface area contributed by atoms with Gasteiger partial charge in [0, 0.05) is 9.99 Å². The maximum atomic E-state index is 10.1. The highest BCUT2D eigenvalue weighted by Gasteiger charge is 2.00. The van der Waals surface area contributed by atoms with Crippen molar-refractivity contribution in [2.24, 2.45) is 0 Å². The molecular weight excluding hydrogens is 267 g/mol. The van der Waals surface area contributed by atoms with Crippen LogP contribution in [-0.2, 0) is 11.2 Å². The summed E-state index contributed by atoms with van der Waals surface area (Å²) < 4.78 is 1.000. The summed E-state index contributed by atoms with van der Waals surface area (Å²) in [5.74, 6) is 0.281. The van der Waals surface area contributed by atoms with Crippen molar-refractivity contribution in [3.63, 3.8) is 0 Å². The highest BCUT2D eigenvalue weighted by Crippen LogP contribution is 2.20. The maximum Gasteiger partial charge on any atom is 0.120 e. The fourth-order valence-corrected chi connectivity index (χ4v) is 1.44. The van der Waals surface area contributed by atoms with Crippen molar-refractivity contribution in [3.05, 3.63) is 27.3 Å². The van der Waals surface area contributed by atoms with Crippen molar-refractivity contribution in [1.29, 1.82) is 0 Å². The summed E-state index contributed by atoms with van der Waals surface area (Å²) in [4.78, 5) is 10.1. The van der Waals surface area contributed by atoms with Gasteiger partial charge in [0.1, 0.15) is 12.0 Å². The van der Waals surface area contributed by atoms with Gasteiger partial charge in [-0.1, -0.05) is 6.07 Å². The summed E-state index contributed by atoms with van der Waals surface area (Å²) in [6.45, 7) is 0. The predicted molar refractivity (Wildman–Crippen MR) is 55.2 cm³/mol. The Morgan fingerprint density at radius 3 is 2.83 bits per heavy atom. The van der Waals surface area contributed by atoms with Gasteiger partial charge in [-0.05, 0) is 46.7 Å². The van der Waals surface area contributed by atoms with E-state index < -0.39 is 0 Å². The van der Waals surface area contributed by atoms with Crippen LogP contribution in [0.4, 0.5) is 0 Å². The Bertz CT molecular complexity index is 284. The van der Waals surface area contributed by atoms with Crippen LogP contribution in [0.3, 0.4) is 0 Å². The second-order valence-electron chi connectivity index (χ2n) is 2.48. The molecule has 0 heterocycles. The molecule has 0 saturated carbocycles. The van der Waals surface area contributed by atoms with E-state index in [4.69, 9.17) is 0 Å². The van der Waals surface area contributed by atoms with Gasteiger partial charge >= 0.3 is 0 Å². The zero-order chi connectivity index (χ0) is 8.97. The van der Waals surface area contributed by atoms with E-state index in [1.165, 1.54) is 0 Å². The third kappa shape index (κ3) is 2.48. The van der Waals surface area contributed by atoms with Crippen LogP contribution in [0.25, 0.3) is 0 Å². The molecule has 1 N–H and O–H groups in total. The summed E-state index contributed by atoms with van der Waals surface area (Å²) >= 11 is 2.13. The number of phenolic OH excluding ortho intramolecular Hbond substituents is 1. The van der Waals surface area contributed by atoms with Crippen molar-refractivity contribution in [2.45, 2.75) is 12.8 Å². The molecule has 0 spiro atoms. The number of halogens is 1. The van der Waals surface area contributed by atoms with E-state index in [1.807, 2.05) is 12.1 Å². The molecule has 0 unspecified atom stereocenters. The van der Waals surface area contributed by atoms with Crippen molar-refractivity contribution in [3.8, 4) is 5.75 Å². The molecule has 0 aliphatic rings. The van der Waals surface area contributed by atoms with Crippen LogP contribution < -0.4 is 0 Å². The third-order valence-corrected chi connectivity index (χ3v) is 2.25. The summed E-state index contributed by atoms with van der Waals surface area (Å²) in [5.41, 5.74) is 0.836. The molecular formula is C9H9IO2. The molecule has 2 nitrogen and oxygen atoms in total. The second-order valence-corrected chi connectivity index (χ2v) is 3.72. The van der Waals surface area contributed by atoms with Gasteiger partial charge in [0.2, 0.25) is 0 Å². The lowest BCUT2D eigenvalue weighted by atomic mass is 10.1. The van der Waals surface area contributed by atoms with Crippen molar-refractivity contribution in [1.82, 2.24) is 0 Å². The second kappa shape index (κ2) is 4.45. The van der Waals surface area contributed by atoms with E-state index in [1.54, 1.807) is 6.07 Å². The van der Waals surface area contributed by atoms with Gasteiger partial charge in [-0.15, -0.1) is 0 Å². The maximum absolute atomic E-state index is 10.1. The highest BCUT2D eigenvalue weighted by atomic mass is 127. The lowest BCUT2D eigenvalue weighted by Gasteiger charge is -2.01. The summed E-state index contributed by atoms with van der Waals surface area (Å²) in [6, 6.07) is 5.46. The molecule has 0 aliphatic carbocycles. The SMILES string of the molecule is O=CCCc1ccc(I)cc1O. The zero-order valence-electron chi connectivity index (χ0n) is 6.46. The molecule has 0 fully saturated rings. The lowest BCUT2D eigenvalue weighted by molar-refractivity contribution is -0.107. The van der Waals surface area contributed by atoms with Gasteiger partial charge in [0.25, 0.3) is 0 Å². The molecule has 0 aromatic heterocycles. The number of aromatic hydroxyl groups is 1. The molecule has 3 heteroatoms. The summed E-state index contributed by atoms with van der Waals surface area (Å²) in [6.07, 6.45) is 1.94. The first-order valence-corrected chi connectivity index (χ1v) is 4.73. The molecule has 0 amide bonds. The number of aldehydes is 1. The van der Waals surface area contributed by atoms with E-state index in [9.17, 15) is 9.90 Å². The average Bonchev–Trinajstić information content (AvgIpc) is 2.03. The van der Waals surface area contributed by atoms with Crippen LogP contribution in [-0.4, -0.2) is 11.4 Å².